The smallest absolute Gasteiger partial charge is 0.288 e. The minimum absolute atomic E-state index is 0.0531. The van der Waals surface area contributed by atoms with Crippen LogP contribution < -0.4 is 16.6 Å². The van der Waals surface area contributed by atoms with Crippen LogP contribution in [0.3, 0.4) is 0 Å². The van der Waals surface area contributed by atoms with E-state index in [-0.39, 0.29) is 11.5 Å². The number of amides is 2. The van der Waals surface area contributed by atoms with Gasteiger partial charge in [-0.15, -0.1) is 5.10 Å². The van der Waals surface area contributed by atoms with Crippen LogP contribution >= 0.6 is 0 Å². The summed E-state index contributed by atoms with van der Waals surface area (Å²) >= 11 is 0. The molecule has 0 spiro atoms. The molecule has 6 rings (SSSR count). The van der Waals surface area contributed by atoms with Crippen molar-refractivity contribution in [3.05, 3.63) is 112 Å². The lowest BCUT2D eigenvalue weighted by Gasteiger charge is -2.25. The lowest BCUT2D eigenvalue weighted by Crippen LogP contribution is -2.32. The van der Waals surface area contributed by atoms with Crippen molar-refractivity contribution < 1.29 is 9.59 Å². The van der Waals surface area contributed by atoms with Gasteiger partial charge < -0.3 is 20.5 Å². The van der Waals surface area contributed by atoms with Crippen molar-refractivity contribution in [3.63, 3.8) is 0 Å². The zero-order valence-electron chi connectivity index (χ0n) is 23.8. The SMILES string of the molecule is CC(=O)N1CC=C(c2cnc(N)c(-c3ccc(NC(=O)c4cn(Cc5ccccc5)c5nc(C)nn5c4=O)cc3)c2)CC1. The molecule has 0 aliphatic carbocycles. The van der Waals surface area contributed by atoms with E-state index in [1.54, 1.807) is 41.6 Å². The zero-order chi connectivity index (χ0) is 30.1. The molecule has 1 aliphatic heterocycles. The van der Waals surface area contributed by atoms with E-state index >= 15 is 0 Å². The maximum Gasteiger partial charge on any atom is 0.288 e. The number of nitrogen functional groups attached to an aromatic ring is 1. The van der Waals surface area contributed by atoms with Gasteiger partial charge in [-0.3, -0.25) is 14.4 Å². The summed E-state index contributed by atoms with van der Waals surface area (Å²) < 4.78 is 2.91. The number of hydrogen-bond acceptors (Lipinski definition) is 7. The Morgan fingerprint density at radius 3 is 2.51 bits per heavy atom. The second kappa shape index (κ2) is 11.4. The van der Waals surface area contributed by atoms with Gasteiger partial charge in [0, 0.05) is 43.7 Å². The van der Waals surface area contributed by atoms with Crippen LogP contribution in [0.2, 0.25) is 0 Å². The number of pyridine rings is 1. The maximum atomic E-state index is 13.3. The minimum Gasteiger partial charge on any atom is -0.383 e. The Hall–Kier alpha value is -5.58. The normalized spacial score (nSPS) is 13.2. The van der Waals surface area contributed by atoms with Gasteiger partial charge in [-0.25, -0.2) is 4.98 Å². The van der Waals surface area contributed by atoms with Gasteiger partial charge in [0.25, 0.3) is 11.5 Å². The Balaban J connectivity index is 1.24. The molecule has 0 saturated heterocycles. The average Bonchev–Trinajstić information content (AvgIpc) is 3.42. The van der Waals surface area contributed by atoms with Crippen LogP contribution in [0.5, 0.6) is 0 Å². The number of aryl methyl sites for hydroxylation is 1. The van der Waals surface area contributed by atoms with Crippen molar-refractivity contribution >= 4 is 34.7 Å². The first-order valence-corrected chi connectivity index (χ1v) is 13.9. The van der Waals surface area contributed by atoms with E-state index in [9.17, 15) is 14.4 Å². The predicted molar refractivity (Wildman–Crippen MR) is 164 cm³/mol. The van der Waals surface area contributed by atoms with Crippen LogP contribution in [0.4, 0.5) is 11.5 Å². The number of nitrogens with zero attached hydrogens (tertiary/aromatic N) is 6. The third kappa shape index (κ3) is 5.65. The maximum absolute atomic E-state index is 13.3. The van der Waals surface area contributed by atoms with Gasteiger partial charge in [0.15, 0.2) is 0 Å². The zero-order valence-corrected chi connectivity index (χ0v) is 23.8. The summed E-state index contributed by atoms with van der Waals surface area (Å²) in [5, 5.41) is 7.05. The minimum atomic E-state index is -0.554. The molecule has 1 aliphatic rings. The quantitative estimate of drug-likeness (QED) is 0.314. The molecule has 4 heterocycles. The van der Waals surface area contributed by atoms with Crippen molar-refractivity contribution in [3.8, 4) is 11.1 Å². The largest absolute Gasteiger partial charge is 0.383 e. The van der Waals surface area contributed by atoms with Crippen molar-refractivity contribution in [2.45, 2.75) is 26.8 Å². The molecule has 3 N–H and O–H groups in total. The molecular formula is C32H30N8O3. The van der Waals surface area contributed by atoms with Crippen LogP contribution in [0.1, 0.15) is 40.7 Å². The molecule has 2 amide bonds. The van der Waals surface area contributed by atoms with Crippen LogP contribution in [0, 0.1) is 6.92 Å². The third-order valence-corrected chi connectivity index (χ3v) is 7.50. The lowest BCUT2D eigenvalue weighted by atomic mass is 9.97. The number of nitrogens with one attached hydrogen (secondary N) is 1. The van der Waals surface area contributed by atoms with Crippen molar-refractivity contribution in [2.24, 2.45) is 0 Å². The standard InChI is InChI=1S/C32H30N8O3/c1-20-35-32-39(18-22-6-4-3-5-7-22)19-28(31(43)40(32)37-20)30(42)36-26-10-8-24(9-11-26)27-16-25(17-34-29(27)33)23-12-14-38(15-13-23)21(2)41/h3-12,16-17,19H,13-15,18H2,1-2H3,(H2,33,34)(H,36,42). The number of nitrogens with two attached hydrogens (primary N) is 1. The van der Waals surface area contributed by atoms with E-state index in [2.05, 4.69) is 20.4 Å². The number of benzene rings is 2. The first-order chi connectivity index (χ1) is 20.8. The number of aromatic nitrogens is 5. The van der Waals surface area contributed by atoms with Crippen molar-refractivity contribution in [2.75, 3.05) is 24.1 Å². The van der Waals surface area contributed by atoms with E-state index < -0.39 is 11.5 Å². The molecule has 5 aromatic rings. The molecular weight excluding hydrogens is 544 g/mol. The van der Waals surface area contributed by atoms with E-state index in [0.717, 1.165) is 34.2 Å². The molecule has 0 saturated carbocycles. The molecule has 0 unspecified atom stereocenters. The van der Waals surface area contributed by atoms with Crippen molar-refractivity contribution in [1.29, 1.82) is 0 Å². The number of fused-ring (bicyclic) bond motifs is 1. The fourth-order valence-electron chi connectivity index (χ4n) is 5.19. The van der Waals surface area contributed by atoms with Crippen LogP contribution in [-0.2, 0) is 11.3 Å². The summed E-state index contributed by atoms with van der Waals surface area (Å²) in [7, 11) is 0. The highest BCUT2D eigenvalue weighted by Gasteiger charge is 2.19. The van der Waals surface area contributed by atoms with E-state index in [4.69, 9.17) is 5.73 Å². The highest BCUT2D eigenvalue weighted by atomic mass is 16.2. The lowest BCUT2D eigenvalue weighted by molar-refractivity contribution is -0.128. The summed E-state index contributed by atoms with van der Waals surface area (Å²) in [6.45, 7) is 4.92. The highest BCUT2D eigenvalue weighted by Crippen LogP contribution is 2.31. The monoisotopic (exact) mass is 574 g/mol. The Morgan fingerprint density at radius 1 is 1.05 bits per heavy atom. The topological polar surface area (TPSA) is 141 Å². The van der Waals surface area contributed by atoms with Crippen LogP contribution in [0.25, 0.3) is 22.5 Å². The third-order valence-electron chi connectivity index (χ3n) is 7.50. The highest BCUT2D eigenvalue weighted by molar-refractivity contribution is 6.04. The molecule has 0 atom stereocenters. The number of hydrogen-bond donors (Lipinski definition) is 2. The average molecular weight is 575 g/mol. The molecule has 0 fully saturated rings. The number of rotatable bonds is 6. The second-order valence-corrected chi connectivity index (χ2v) is 10.5. The van der Waals surface area contributed by atoms with Gasteiger partial charge in [-0.2, -0.15) is 9.50 Å². The van der Waals surface area contributed by atoms with Crippen LogP contribution in [0.15, 0.2) is 83.9 Å². The second-order valence-electron chi connectivity index (χ2n) is 10.5. The van der Waals surface area contributed by atoms with E-state index in [0.29, 0.717) is 42.7 Å². The summed E-state index contributed by atoms with van der Waals surface area (Å²) in [5.74, 6) is 0.688. The summed E-state index contributed by atoms with van der Waals surface area (Å²) in [4.78, 5) is 48.8. The van der Waals surface area contributed by atoms with Gasteiger partial charge in [-0.1, -0.05) is 48.5 Å². The van der Waals surface area contributed by atoms with Gasteiger partial charge in [0.2, 0.25) is 11.7 Å². The summed E-state index contributed by atoms with van der Waals surface area (Å²) in [5.41, 5.74) is 10.8. The van der Waals surface area contributed by atoms with Gasteiger partial charge in [0.1, 0.15) is 17.2 Å². The van der Waals surface area contributed by atoms with Gasteiger partial charge >= 0.3 is 0 Å². The van der Waals surface area contributed by atoms with Gasteiger partial charge in [0.05, 0.1) is 6.54 Å². The van der Waals surface area contributed by atoms with E-state index in [1.807, 2.05) is 54.6 Å². The van der Waals surface area contributed by atoms with Crippen molar-refractivity contribution in [1.82, 2.24) is 29.0 Å². The number of anilines is 2. The Bertz CT molecular complexity index is 1940. The molecule has 3 aromatic heterocycles. The van der Waals surface area contributed by atoms with E-state index in [1.165, 1.54) is 10.7 Å². The van der Waals surface area contributed by atoms with Crippen LogP contribution in [-0.4, -0.2) is 54.0 Å². The summed E-state index contributed by atoms with van der Waals surface area (Å²) in [6.07, 6.45) is 6.06. The first kappa shape index (κ1) is 27.6. The fourth-order valence-corrected chi connectivity index (χ4v) is 5.19. The molecule has 11 nitrogen and oxygen atoms in total. The molecule has 0 bridgehead atoms. The van der Waals surface area contributed by atoms with Gasteiger partial charge in [-0.05, 0) is 53.8 Å². The molecule has 11 heteroatoms. The predicted octanol–water partition coefficient (Wildman–Crippen LogP) is 3.78. The summed E-state index contributed by atoms with van der Waals surface area (Å²) in [6, 6.07) is 18.9. The molecule has 216 valence electrons. The molecule has 2 aromatic carbocycles. The first-order valence-electron chi connectivity index (χ1n) is 13.9. The Kier molecular flexibility index (Phi) is 7.29. The Labute approximate surface area is 247 Å². The fraction of sp³-hybridized carbons (Fsp3) is 0.188. The molecule has 0 radical (unpaired) electrons. The number of carbonyl (C=O) groups excluding carboxylic acids is 2. The Morgan fingerprint density at radius 2 is 1.81 bits per heavy atom. The molecule has 43 heavy (non-hydrogen) atoms. The number of carbonyl (C=O) groups is 2.